The van der Waals surface area contributed by atoms with Gasteiger partial charge in [-0.2, -0.15) is 0 Å². The van der Waals surface area contributed by atoms with Crippen LogP contribution in [0.1, 0.15) is 27.2 Å². The summed E-state index contributed by atoms with van der Waals surface area (Å²) in [6.07, 6.45) is 0.798. The first-order valence-corrected chi connectivity index (χ1v) is 11.4. The Hall–Kier alpha value is -0.623. The molecule has 0 N–H and O–H groups in total. The lowest BCUT2D eigenvalue weighted by atomic mass is 10.1. The van der Waals surface area contributed by atoms with Gasteiger partial charge in [-0.05, 0) is 36.3 Å². The van der Waals surface area contributed by atoms with Crippen molar-refractivity contribution in [3.05, 3.63) is 29.0 Å². The number of nitrogens with zero attached hydrogens (tertiary/aromatic N) is 1. The van der Waals surface area contributed by atoms with Crippen molar-refractivity contribution in [3.8, 4) is 0 Å². The first-order chi connectivity index (χ1) is 10.5. The normalized spacial score (nSPS) is 27.8. The zero-order chi connectivity index (χ0) is 17.0. The van der Waals surface area contributed by atoms with Crippen LogP contribution in [0.15, 0.2) is 18.2 Å². The number of anilines is 1. The fourth-order valence-corrected chi connectivity index (χ4v) is 4.48. The standard InChI is InChI=1S/C17H25ClFNO2Si/c1-16(2,3)23(4,5)22-17-8-9-20(11-15(17)21-17)14-7-6-12(18)10-13(14)19/h6-7,10,15H,8-9,11H2,1-5H3/t15-,17-/m1/s1. The van der Waals surface area contributed by atoms with Crippen LogP contribution in [0, 0.1) is 5.82 Å². The second-order valence-corrected chi connectivity index (χ2v) is 13.2. The van der Waals surface area contributed by atoms with Crippen LogP contribution >= 0.6 is 11.6 Å². The quantitative estimate of drug-likeness (QED) is 0.573. The summed E-state index contributed by atoms with van der Waals surface area (Å²) < 4.78 is 26.6. The van der Waals surface area contributed by atoms with Crippen LogP contribution in [0.25, 0.3) is 0 Å². The van der Waals surface area contributed by atoms with Crippen LogP contribution in [0.3, 0.4) is 0 Å². The summed E-state index contributed by atoms with van der Waals surface area (Å²) in [5.74, 6) is -0.724. The molecule has 2 fully saturated rings. The van der Waals surface area contributed by atoms with E-state index in [1.54, 1.807) is 12.1 Å². The van der Waals surface area contributed by atoms with E-state index in [0.29, 0.717) is 17.3 Å². The second-order valence-electron chi connectivity index (χ2n) is 8.07. The number of piperidine rings is 1. The first kappa shape index (κ1) is 17.2. The Morgan fingerprint density at radius 1 is 1.39 bits per heavy atom. The van der Waals surface area contributed by atoms with Gasteiger partial charge in [0.25, 0.3) is 0 Å². The lowest BCUT2D eigenvalue weighted by Gasteiger charge is -2.40. The highest BCUT2D eigenvalue weighted by Gasteiger charge is 2.63. The Bertz CT molecular complexity index is 619. The maximum atomic E-state index is 14.1. The third-order valence-corrected chi connectivity index (χ3v) is 10.1. The molecule has 0 saturated carbocycles. The molecular weight excluding hydrogens is 333 g/mol. The Labute approximate surface area is 143 Å². The number of ether oxygens (including phenoxy) is 1. The topological polar surface area (TPSA) is 25.0 Å². The summed E-state index contributed by atoms with van der Waals surface area (Å²) in [6.45, 7) is 12.6. The monoisotopic (exact) mass is 357 g/mol. The minimum absolute atomic E-state index is 0.0282. The highest BCUT2D eigenvalue weighted by Crippen LogP contribution is 2.51. The van der Waals surface area contributed by atoms with Gasteiger partial charge in [-0.3, -0.25) is 0 Å². The van der Waals surface area contributed by atoms with Crippen LogP contribution in [0.5, 0.6) is 0 Å². The molecule has 3 nitrogen and oxygen atoms in total. The SMILES string of the molecule is CC(C)(C)[Si](C)(C)O[C@]12CCN(c3ccc(Cl)cc3F)C[C@H]1O2. The third kappa shape index (κ3) is 3.16. The summed E-state index contributed by atoms with van der Waals surface area (Å²) in [6, 6.07) is 4.82. The summed E-state index contributed by atoms with van der Waals surface area (Å²) >= 11 is 5.83. The van der Waals surface area contributed by atoms with Crippen molar-refractivity contribution in [1.82, 2.24) is 0 Å². The van der Waals surface area contributed by atoms with Crippen LogP contribution < -0.4 is 4.90 Å². The molecule has 2 saturated heterocycles. The Morgan fingerprint density at radius 2 is 2.09 bits per heavy atom. The lowest BCUT2D eigenvalue weighted by molar-refractivity contribution is 0.0410. The number of fused-ring (bicyclic) bond motifs is 1. The number of benzene rings is 1. The molecule has 128 valence electrons. The predicted octanol–water partition coefficient (Wildman–Crippen LogP) is 4.81. The average Bonchev–Trinajstić information content (AvgIpc) is 3.09. The van der Waals surface area contributed by atoms with Gasteiger partial charge in [-0.1, -0.05) is 32.4 Å². The van der Waals surface area contributed by atoms with E-state index >= 15 is 0 Å². The maximum Gasteiger partial charge on any atom is 0.195 e. The fraction of sp³-hybridized carbons (Fsp3) is 0.647. The molecule has 0 spiro atoms. The average molecular weight is 358 g/mol. The molecule has 0 unspecified atom stereocenters. The summed E-state index contributed by atoms with van der Waals surface area (Å²) in [5, 5.41) is 0.569. The number of halogens is 2. The van der Waals surface area contributed by atoms with Crippen LogP contribution in [-0.2, 0) is 9.16 Å². The molecule has 2 heterocycles. The van der Waals surface area contributed by atoms with Gasteiger partial charge < -0.3 is 14.1 Å². The van der Waals surface area contributed by atoms with Crippen LogP contribution in [0.2, 0.25) is 23.2 Å². The fourth-order valence-electron chi connectivity index (χ4n) is 2.87. The van der Waals surface area contributed by atoms with Gasteiger partial charge in [0.15, 0.2) is 14.1 Å². The minimum atomic E-state index is -1.88. The van der Waals surface area contributed by atoms with Crippen LogP contribution in [0.4, 0.5) is 10.1 Å². The number of epoxide rings is 1. The zero-order valence-corrected chi connectivity index (χ0v) is 16.2. The summed E-state index contributed by atoms with van der Waals surface area (Å²) in [7, 11) is -1.88. The van der Waals surface area contributed by atoms with Crippen molar-refractivity contribution in [1.29, 1.82) is 0 Å². The number of hydrogen-bond acceptors (Lipinski definition) is 3. The molecule has 3 rings (SSSR count). The molecule has 0 radical (unpaired) electrons. The van der Waals surface area contributed by atoms with Gasteiger partial charge in [0, 0.05) is 24.5 Å². The molecule has 0 aromatic heterocycles. The van der Waals surface area contributed by atoms with Crippen molar-refractivity contribution in [2.75, 3.05) is 18.0 Å². The van der Waals surface area contributed by atoms with Gasteiger partial charge in [-0.25, -0.2) is 4.39 Å². The van der Waals surface area contributed by atoms with E-state index in [9.17, 15) is 4.39 Å². The van der Waals surface area contributed by atoms with E-state index in [4.69, 9.17) is 20.8 Å². The van der Waals surface area contributed by atoms with E-state index in [2.05, 4.69) is 33.9 Å². The van der Waals surface area contributed by atoms with E-state index in [-0.39, 0.29) is 17.0 Å². The highest BCUT2D eigenvalue weighted by molar-refractivity contribution is 6.74. The molecular formula is C17H25ClFNO2Si. The zero-order valence-electron chi connectivity index (χ0n) is 14.5. The molecule has 2 aliphatic rings. The van der Waals surface area contributed by atoms with Gasteiger partial charge in [0.1, 0.15) is 11.9 Å². The predicted molar refractivity (Wildman–Crippen MR) is 94.1 cm³/mol. The van der Waals surface area contributed by atoms with Crippen LogP contribution in [-0.4, -0.2) is 33.3 Å². The van der Waals surface area contributed by atoms with E-state index in [1.165, 1.54) is 6.07 Å². The van der Waals surface area contributed by atoms with Crippen molar-refractivity contribution >= 4 is 25.6 Å². The van der Waals surface area contributed by atoms with Crippen molar-refractivity contribution < 1.29 is 13.6 Å². The van der Waals surface area contributed by atoms with E-state index in [1.807, 2.05) is 4.90 Å². The molecule has 23 heavy (non-hydrogen) atoms. The number of rotatable bonds is 3. The van der Waals surface area contributed by atoms with Crippen molar-refractivity contribution in [2.24, 2.45) is 0 Å². The summed E-state index contributed by atoms with van der Waals surface area (Å²) in [4.78, 5) is 2.02. The van der Waals surface area contributed by atoms with Gasteiger partial charge in [0.2, 0.25) is 0 Å². The molecule has 6 heteroatoms. The maximum absolute atomic E-state index is 14.1. The van der Waals surface area contributed by atoms with Crippen molar-refractivity contribution in [3.63, 3.8) is 0 Å². The van der Waals surface area contributed by atoms with Gasteiger partial charge in [-0.15, -0.1) is 0 Å². The Balaban J connectivity index is 1.69. The van der Waals surface area contributed by atoms with Gasteiger partial charge in [0.05, 0.1) is 5.69 Å². The molecule has 0 amide bonds. The third-order valence-electron chi connectivity index (χ3n) is 5.38. The largest absolute Gasteiger partial charge is 0.388 e. The molecule has 0 bridgehead atoms. The minimum Gasteiger partial charge on any atom is -0.388 e. The highest BCUT2D eigenvalue weighted by atomic mass is 35.5. The molecule has 2 aliphatic heterocycles. The Morgan fingerprint density at radius 3 is 2.65 bits per heavy atom. The first-order valence-electron chi connectivity index (χ1n) is 8.12. The number of hydrogen-bond donors (Lipinski definition) is 0. The molecule has 2 atom stereocenters. The molecule has 1 aromatic carbocycles. The van der Waals surface area contributed by atoms with E-state index < -0.39 is 14.1 Å². The summed E-state index contributed by atoms with van der Waals surface area (Å²) in [5.41, 5.74) is 0.589. The lowest BCUT2D eigenvalue weighted by Crippen LogP contribution is -2.50. The molecule has 1 aromatic rings. The van der Waals surface area contributed by atoms with Crippen molar-refractivity contribution in [2.45, 2.75) is 57.2 Å². The van der Waals surface area contributed by atoms with Gasteiger partial charge >= 0.3 is 0 Å². The molecule has 0 aliphatic carbocycles. The van der Waals surface area contributed by atoms with E-state index in [0.717, 1.165) is 13.0 Å². The smallest absolute Gasteiger partial charge is 0.195 e. The Kier molecular flexibility index (Phi) is 4.07. The second kappa shape index (κ2) is 5.44.